The van der Waals surface area contributed by atoms with E-state index in [1.165, 1.54) is 0 Å². The maximum absolute atomic E-state index is 12.3. The number of carbonyl (C=O) groups excluding carboxylic acids is 1. The Morgan fingerprint density at radius 3 is 2.65 bits per heavy atom. The summed E-state index contributed by atoms with van der Waals surface area (Å²) >= 11 is 5.04. The molecule has 0 bridgehead atoms. The van der Waals surface area contributed by atoms with Gasteiger partial charge < -0.3 is 15.8 Å². The van der Waals surface area contributed by atoms with Crippen LogP contribution >= 0.6 is 12.2 Å². The number of hydrogen-bond donors (Lipinski definition) is 2. The summed E-state index contributed by atoms with van der Waals surface area (Å²) in [6.45, 7) is 2.69. The van der Waals surface area contributed by atoms with Crippen molar-refractivity contribution in [2.24, 2.45) is 5.73 Å². The Morgan fingerprint density at radius 1 is 1.45 bits per heavy atom. The summed E-state index contributed by atoms with van der Waals surface area (Å²) in [6, 6.07) is 9.56. The lowest BCUT2D eigenvalue weighted by atomic mass is 9.88. The van der Waals surface area contributed by atoms with E-state index >= 15 is 0 Å². The summed E-state index contributed by atoms with van der Waals surface area (Å²) in [7, 11) is 0. The third-order valence-corrected chi connectivity index (χ3v) is 3.76. The predicted octanol–water partition coefficient (Wildman–Crippen LogP) is 1.74. The fourth-order valence-corrected chi connectivity index (χ4v) is 2.67. The lowest BCUT2D eigenvalue weighted by Gasteiger charge is -2.36. The molecule has 0 radical (unpaired) electrons. The van der Waals surface area contributed by atoms with Crippen molar-refractivity contribution >= 4 is 23.1 Å². The maximum Gasteiger partial charge on any atom is 0.234 e. The summed E-state index contributed by atoms with van der Waals surface area (Å²) in [6.07, 6.45) is 1.99. The van der Waals surface area contributed by atoms with Crippen LogP contribution in [-0.4, -0.2) is 29.6 Å². The van der Waals surface area contributed by atoms with Crippen molar-refractivity contribution in [2.45, 2.75) is 37.8 Å². The van der Waals surface area contributed by atoms with Crippen molar-refractivity contribution in [2.75, 3.05) is 6.61 Å². The molecule has 1 amide bonds. The van der Waals surface area contributed by atoms with Crippen LogP contribution in [0.15, 0.2) is 30.3 Å². The predicted molar refractivity (Wildman–Crippen MR) is 82.5 cm³/mol. The van der Waals surface area contributed by atoms with Gasteiger partial charge in [-0.1, -0.05) is 42.5 Å². The SMILES string of the molecule is CCOC1CC(NC(=O)C(C(N)=S)c2ccccc2)C1. The third-order valence-electron chi connectivity index (χ3n) is 3.52. The van der Waals surface area contributed by atoms with Crippen LogP contribution in [0, 0.1) is 0 Å². The molecule has 0 aromatic heterocycles. The highest BCUT2D eigenvalue weighted by molar-refractivity contribution is 7.80. The molecule has 1 aliphatic rings. The molecule has 4 nitrogen and oxygen atoms in total. The van der Waals surface area contributed by atoms with Gasteiger partial charge in [-0.15, -0.1) is 0 Å². The summed E-state index contributed by atoms with van der Waals surface area (Å²) in [5, 5.41) is 3.00. The molecule has 0 aliphatic heterocycles. The van der Waals surface area contributed by atoms with Gasteiger partial charge >= 0.3 is 0 Å². The Morgan fingerprint density at radius 2 is 2.10 bits per heavy atom. The van der Waals surface area contributed by atoms with Crippen molar-refractivity contribution in [1.29, 1.82) is 0 Å². The molecule has 1 atom stereocenters. The fraction of sp³-hybridized carbons (Fsp3) is 0.467. The van der Waals surface area contributed by atoms with Crippen LogP contribution in [0.2, 0.25) is 0 Å². The largest absolute Gasteiger partial charge is 0.392 e. The number of thiocarbonyl (C=S) groups is 1. The Kier molecular flexibility index (Phi) is 5.09. The highest BCUT2D eigenvalue weighted by Gasteiger charge is 2.33. The van der Waals surface area contributed by atoms with Crippen LogP contribution in [0.4, 0.5) is 0 Å². The lowest BCUT2D eigenvalue weighted by Crippen LogP contribution is -2.50. The Labute approximate surface area is 124 Å². The second kappa shape index (κ2) is 6.81. The van der Waals surface area contributed by atoms with Gasteiger partial charge in [-0.2, -0.15) is 0 Å². The number of carbonyl (C=O) groups is 1. The standard InChI is InChI=1S/C15H20N2O2S/c1-2-19-12-8-11(9-12)17-15(18)13(14(16)20)10-6-4-3-5-7-10/h3-7,11-13H,2,8-9H2,1H3,(H2,16,20)(H,17,18). The van der Waals surface area contributed by atoms with Gasteiger partial charge in [0.1, 0.15) is 5.92 Å². The smallest absolute Gasteiger partial charge is 0.234 e. The summed E-state index contributed by atoms with van der Waals surface area (Å²) in [5.74, 6) is -0.680. The Hall–Kier alpha value is -1.46. The number of hydrogen-bond acceptors (Lipinski definition) is 3. The average Bonchev–Trinajstić information content (AvgIpc) is 2.37. The van der Waals surface area contributed by atoms with Crippen molar-refractivity contribution in [3.8, 4) is 0 Å². The fourth-order valence-electron chi connectivity index (χ4n) is 2.43. The molecular weight excluding hydrogens is 272 g/mol. The zero-order chi connectivity index (χ0) is 14.5. The van der Waals surface area contributed by atoms with Gasteiger partial charge in [0.2, 0.25) is 5.91 Å². The summed E-state index contributed by atoms with van der Waals surface area (Å²) in [4.78, 5) is 12.5. The minimum atomic E-state index is -0.558. The number of amides is 1. The number of benzene rings is 1. The first kappa shape index (κ1) is 14.9. The van der Waals surface area contributed by atoms with Gasteiger partial charge in [-0.3, -0.25) is 4.79 Å². The van der Waals surface area contributed by atoms with E-state index in [1.807, 2.05) is 37.3 Å². The lowest BCUT2D eigenvalue weighted by molar-refractivity contribution is -0.123. The van der Waals surface area contributed by atoms with E-state index in [9.17, 15) is 4.79 Å². The van der Waals surface area contributed by atoms with E-state index in [2.05, 4.69) is 5.32 Å². The zero-order valence-corrected chi connectivity index (χ0v) is 12.4. The van der Waals surface area contributed by atoms with Crippen molar-refractivity contribution < 1.29 is 9.53 Å². The van der Waals surface area contributed by atoms with Crippen LogP contribution in [0.5, 0.6) is 0 Å². The first-order chi connectivity index (χ1) is 9.61. The molecule has 0 saturated heterocycles. The van der Waals surface area contributed by atoms with Gasteiger partial charge in [0.25, 0.3) is 0 Å². The second-order valence-corrected chi connectivity index (χ2v) is 5.47. The Bertz CT molecular complexity index is 472. The molecule has 0 heterocycles. The van der Waals surface area contributed by atoms with E-state index in [0.717, 1.165) is 18.4 Å². The molecule has 1 fully saturated rings. The molecule has 1 unspecified atom stereocenters. The summed E-state index contributed by atoms with van der Waals surface area (Å²) in [5.41, 5.74) is 6.56. The minimum absolute atomic E-state index is 0.122. The van der Waals surface area contributed by atoms with Gasteiger partial charge in [-0.05, 0) is 25.3 Å². The van der Waals surface area contributed by atoms with Crippen LogP contribution < -0.4 is 11.1 Å². The van der Waals surface area contributed by atoms with Gasteiger partial charge in [0, 0.05) is 12.6 Å². The number of ether oxygens (including phenoxy) is 1. The molecule has 1 aromatic carbocycles. The van der Waals surface area contributed by atoms with Gasteiger partial charge in [0.15, 0.2) is 0 Å². The molecule has 3 N–H and O–H groups in total. The molecule has 5 heteroatoms. The topological polar surface area (TPSA) is 64.3 Å². The molecule has 0 spiro atoms. The third kappa shape index (κ3) is 3.55. The molecule has 1 saturated carbocycles. The molecule has 108 valence electrons. The number of nitrogens with two attached hydrogens (primary N) is 1. The van der Waals surface area contributed by atoms with Crippen LogP contribution in [0.1, 0.15) is 31.2 Å². The van der Waals surface area contributed by atoms with Gasteiger partial charge in [-0.25, -0.2) is 0 Å². The molecule has 2 rings (SSSR count). The monoisotopic (exact) mass is 292 g/mol. The van der Waals surface area contributed by atoms with Crippen LogP contribution in [0.25, 0.3) is 0 Å². The maximum atomic E-state index is 12.3. The average molecular weight is 292 g/mol. The molecule has 1 aromatic rings. The highest BCUT2D eigenvalue weighted by Crippen LogP contribution is 2.25. The second-order valence-electron chi connectivity index (χ2n) is 5.00. The summed E-state index contributed by atoms with van der Waals surface area (Å²) < 4.78 is 5.48. The van der Waals surface area contributed by atoms with Gasteiger partial charge in [0.05, 0.1) is 11.1 Å². The normalized spacial score (nSPS) is 22.6. The number of nitrogens with one attached hydrogen (secondary N) is 1. The van der Waals surface area contributed by atoms with E-state index in [4.69, 9.17) is 22.7 Å². The van der Waals surface area contributed by atoms with Crippen molar-refractivity contribution in [3.05, 3.63) is 35.9 Å². The van der Waals surface area contributed by atoms with E-state index < -0.39 is 5.92 Å². The molecular formula is C15H20N2O2S. The first-order valence-corrected chi connectivity index (χ1v) is 7.29. The minimum Gasteiger partial charge on any atom is -0.392 e. The van der Waals surface area contributed by atoms with E-state index in [0.29, 0.717) is 6.61 Å². The van der Waals surface area contributed by atoms with Crippen LogP contribution in [-0.2, 0) is 9.53 Å². The Balaban J connectivity index is 1.94. The quantitative estimate of drug-likeness (QED) is 0.784. The highest BCUT2D eigenvalue weighted by atomic mass is 32.1. The van der Waals surface area contributed by atoms with Crippen molar-refractivity contribution in [3.63, 3.8) is 0 Å². The molecule has 20 heavy (non-hydrogen) atoms. The van der Waals surface area contributed by atoms with Crippen molar-refractivity contribution in [1.82, 2.24) is 5.32 Å². The first-order valence-electron chi connectivity index (χ1n) is 6.88. The number of rotatable bonds is 6. The zero-order valence-electron chi connectivity index (χ0n) is 11.5. The van der Waals surface area contributed by atoms with Crippen LogP contribution in [0.3, 0.4) is 0 Å². The van der Waals surface area contributed by atoms with E-state index in [1.54, 1.807) is 0 Å². The molecule has 1 aliphatic carbocycles. The van der Waals surface area contributed by atoms with E-state index in [-0.39, 0.29) is 23.0 Å².